The van der Waals surface area contributed by atoms with Crippen LogP contribution in [0, 0.1) is 0 Å². The SMILES string of the molecule is CN(C)[PH+](N(C)C)N(C)CO.F[B-](F)(F)F. The van der Waals surface area contributed by atoms with Crippen molar-refractivity contribution in [1.82, 2.24) is 14.0 Å². The molecule has 0 aromatic heterocycles. The van der Waals surface area contributed by atoms with Gasteiger partial charge in [-0.25, -0.2) is 0 Å². The van der Waals surface area contributed by atoms with Gasteiger partial charge in [-0.05, 0) is 0 Å². The molecule has 0 spiro atoms. The molecule has 0 unspecified atom stereocenters. The fourth-order valence-corrected chi connectivity index (χ4v) is 3.44. The van der Waals surface area contributed by atoms with E-state index in [4.69, 9.17) is 5.11 Å². The van der Waals surface area contributed by atoms with Crippen molar-refractivity contribution in [3.63, 3.8) is 0 Å². The zero-order chi connectivity index (χ0) is 13.5. The number of aliphatic hydroxyl groups excluding tert-OH is 1. The summed E-state index contributed by atoms with van der Waals surface area (Å²) < 4.78 is 45.2. The molecule has 0 heterocycles. The van der Waals surface area contributed by atoms with Crippen molar-refractivity contribution in [1.29, 1.82) is 0 Å². The maximum atomic E-state index is 9.75. The van der Waals surface area contributed by atoms with Crippen molar-refractivity contribution in [3.05, 3.63) is 0 Å². The van der Waals surface area contributed by atoms with E-state index < -0.39 is 15.6 Å². The Labute approximate surface area is 94.8 Å². The molecule has 0 aliphatic heterocycles. The number of nitrogens with zero attached hydrogens (tertiary/aromatic N) is 3. The van der Waals surface area contributed by atoms with Crippen molar-refractivity contribution in [3.8, 4) is 0 Å². The molecule has 0 atom stereocenters. The van der Waals surface area contributed by atoms with E-state index in [0.29, 0.717) is 0 Å². The predicted molar refractivity (Wildman–Crippen MR) is 60.7 cm³/mol. The predicted octanol–water partition coefficient (Wildman–Crippen LogP) is 1.25. The summed E-state index contributed by atoms with van der Waals surface area (Å²) >= 11 is 0. The van der Waals surface area contributed by atoms with Crippen LogP contribution in [0.15, 0.2) is 0 Å². The van der Waals surface area contributed by atoms with Crippen molar-refractivity contribution in [2.75, 3.05) is 42.0 Å². The third kappa shape index (κ3) is 12.1. The first-order valence-corrected chi connectivity index (χ1v) is 5.75. The Morgan fingerprint density at radius 1 is 0.938 bits per heavy atom. The molecule has 0 bridgehead atoms. The minimum Gasteiger partial charge on any atom is -0.418 e. The molecule has 0 fully saturated rings. The van der Waals surface area contributed by atoms with Gasteiger partial charge in [0.2, 0.25) is 8.37 Å². The molecule has 16 heavy (non-hydrogen) atoms. The fourth-order valence-electron chi connectivity index (χ4n) is 1.15. The van der Waals surface area contributed by atoms with Crippen LogP contribution >= 0.6 is 8.37 Å². The van der Waals surface area contributed by atoms with Gasteiger partial charge in [-0.3, -0.25) is 0 Å². The van der Waals surface area contributed by atoms with E-state index in [-0.39, 0.29) is 6.73 Å². The fraction of sp³-hybridized carbons (Fsp3) is 1.00. The van der Waals surface area contributed by atoms with Gasteiger partial charge in [0.25, 0.3) is 0 Å². The van der Waals surface area contributed by atoms with Gasteiger partial charge in [-0.1, -0.05) is 0 Å². The largest absolute Gasteiger partial charge is 0.673 e. The highest BCUT2D eigenvalue weighted by Gasteiger charge is 2.27. The molecule has 0 radical (unpaired) electrons. The quantitative estimate of drug-likeness (QED) is 0.359. The van der Waals surface area contributed by atoms with Crippen LogP contribution in [0.25, 0.3) is 0 Å². The summed E-state index contributed by atoms with van der Waals surface area (Å²) in [5.74, 6) is 0. The Balaban J connectivity index is 0. The number of hydrogen-bond acceptors (Lipinski definition) is 4. The summed E-state index contributed by atoms with van der Waals surface area (Å²) in [6.07, 6.45) is 0. The van der Waals surface area contributed by atoms with E-state index >= 15 is 0 Å². The van der Waals surface area contributed by atoms with Gasteiger partial charge >= 0.3 is 7.25 Å². The second-order valence-corrected chi connectivity index (χ2v) is 6.58. The molecule has 0 saturated carbocycles. The van der Waals surface area contributed by atoms with E-state index in [0.717, 1.165) is 0 Å². The minimum absolute atomic E-state index is 0.116. The van der Waals surface area contributed by atoms with Crippen molar-refractivity contribution in [2.24, 2.45) is 0 Å². The molecule has 0 aromatic carbocycles. The molecule has 0 aromatic rings. The Kier molecular flexibility index (Phi) is 9.43. The van der Waals surface area contributed by atoms with Crippen molar-refractivity contribution >= 4 is 15.6 Å². The van der Waals surface area contributed by atoms with Crippen LogP contribution in [0.5, 0.6) is 0 Å². The molecule has 1 N–H and O–H groups in total. The average Bonchev–Trinajstić information content (AvgIpc) is 1.99. The van der Waals surface area contributed by atoms with Gasteiger partial charge in [0.1, 0.15) is 6.73 Å². The summed E-state index contributed by atoms with van der Waals surface area (Å²) in [7, 11) is 3.18. The highest BCUT2D eigenvalue weighted by Crippen LogP contribution is 2.41. The Bertz CT molecular complexity index is 170. The van der Waals surface area contributed by atoms with E-state index in [9.17, 15) is 17.3 Å². The van der Waals surface area contributed by atoms with Gasteiger partial charge < -0.3 is 22.4 Å². The number of rotatable bonds is 4. The van der Waals surface area contributed by atoms with Crippen LogP contribution in [0.4, 0.5) is 17.3 Å². The standard InChI is InChI=1S/C6H18N3OP.BF4/c1-7(2)11(8(3)4)9(5)6-10;2-1(3,4)5/h10H,6H2,1-5H3;/q;-1/p+1. The molecule has 10 heteroatoms. The highest BCUT2D eigenvalue weighted by molar-refractivity contribution is 7.49. The number of halogens is 4. The number of hydrogen-bond donors (Lipinski definition) is 1. The van der Waals surface area contributed by atoms with Crippen LogP contribution in [-0.2, 0) is 0 Å². The lowest BCUT2D eigenvalue weighted by Crippen LogP contribution is -2.29. The molecular weight excluding hydrogens is 248 g/mol. The zero-order valence-corrected chi connectivity index (χ0v) is 11.1. The van der Waals surface area contributed by atoms with Gasteiger partial charge in [0.05, 0.1) is 0 Å². The molecular formula is C6H19BF4N3OP. The summed E-state index contributed by atoms with van der Waals surface area (Å²) in [4.78, 5) is 0. The molecule has 4 nitrogen and oxygen atoms in total. The normalized spacial score (nSPS) is 12.4. The van der Waals surface area contributed by atoms with E-state index in [1.807, 2.05) is 39.9 Å². The second-order valence-electron chi connectivity index (χ2n) is 3.42. The van der Waals surface area contributed by atoms with Gasteiger partial charge in [-0.15, -0.1) is 4.67 Å². The summed E-state index contributed by atoms with van der Waals surface area (Å²) in [5, 5.41) is 8.90. The lowest BCUT2D eigenvalue weighted by Gasteiger charge is -2.26. The molecule has 0 aliphatic rings. The van der Waals surface area contributed by atoms with Crippen LogP contribution < -0.4 is 0 Å². The smallest absolute Gasteiger partial charge is 0.418 e. The first-order chi connectivity index (χ1) is 7.00. The molecule has 0 rings (SSSR count). The average molecular weight is 267 g/mol. The second kappa shape index (κ2) is 8.19. The lowest BCUT2D eigenvalue weighted by molar-refractivity contribution is 0.194. The van der Waals surface area contributed by atoms with Crippen LogP contribution in [0.2, 0.25) is 0 Å². The summed E-state index contributed by atoms with van der Waals surface area (Å²) in [6.45, 7) is 0.116. The Morgan fingerprint density at radius 3 is 1.25 bits per heavy atom. The van der Waals surface area contributed by atoms with E-state index in [1.54, 1.807) is 0 Å². The minimum atomic E-state index is -6.00. The molecule has 100 valence electrons. The first kappa shape index (κ1) is 18.4. The monoisotopic (exact) mass is 267 g/mol. The Morgan fingerprint density at radius 2 is 1.19 bits per heavy atom. The molecule has 0 aliphatic carbocycles. The molecule has 0 amide bonds. The summed E-state index contributed by atoms with van der Waals surface area (Å²) in [5.41, 5.74) is 0. The van der Waals surface area contributed by atoms with Gasteiger partial charge in [0, 0.05) is 35.2 Å². The van der Waals surface area contributed by atoms with Gasteiger partial charge in [-0.2, -0.15) is 9.34 Å². The summed E-state index contributed by atoms with van der Waals surface area (Å²) in [6, 6.07) is 0. The zero-order valence-electron chi connectivity index (χ0n) is 10.1. The third-order valence-corrected chi connectivity index (χ3v) is 3.78. The number of aliphatic hydroxyl groups is 1. The molecule has 0 saturated heterocycles. The maximum absolute atomic E-state index is 9.75. The van der Waals surface area contributed by atoms with Crippen LogP contribution in [-0.4, -0.2) is 68.3 Å². The highest BCUT2D eigenvalue weighted by atomic mass is 31.2. The third-order valence-electron chi connectivity index (χ3n) is 1.35. The van der Waals surface area contributed by atoms with Crippen molar-refractivity contribution < 1.29 is 22.4 Å². The lowest BCUT2D eigenvalue weighted by atomic mass is 10.3. The Hall–Kier alpha value is 0.0549. The van der Waals surface area contributed by atoms with Crippen molar-refractivity contribution in [2.45, 2.75) is 0 Å². The van der Waals surface area contributed by atoms with E-state index in [1.165, 1.54) is 0 Å². The first-order valence-electron chi connectivity index (χ1n) is 4.41. The topological polar surface area (TPSA) is 30.0 Å². The maximum Gasteiger partial charge on any atom is 0.673 e. The van der Waals surface area contributed by atoms with Crippen LogP contribution in [0.1, 0.15) is 0 Å². The van der Waals surface area contributed by atoms with E-state index in [2.05, 4.69) is 9.34 Å². The van der Waals surface area contributed by atoms with Gasteiger partial charge in [0.15, 0.2) is 0 Å². The van der Waals surface area contributed by atoms with Crippen LogP contribution in [0.3, 0.4) is 0 Å².